The SMILES string of the molecule is CC(=NNC(=O)CN1CCN(Cc2ccc(Cl)cc2)CC1)c1ccc([N+](=O)[O-])cc1. The van der Waals surface area contributed by atoms with Crippen molar-refractivity contribution in [1.29, 1.82) is 0 Å². The Morgan fingerprint density at radius 1 is 1.07 bits per heavy atom. The van der Waals surface area contributed by atoms with Gasteiger partial charge in [0.2, 0.25) is 0 Å². The Morgan fingerprint density at radius 3 is 2.27 bits per heavy atom. The summed E-state index contributed by atoms with van der Waals surface area (Å²) in [7, 11) is 0. The summed E-state index contributed by atoms with van der Waals surface area (Å²) < 4.78 is 0. The summed E-state index contributed by atoms with van der Waals surface area (Å²) in [5.74, 6) is -0.178. The van der Waals surface area contributed by atoms with E-state index in [4.69, 9.17) is 11.6 Å². The summed E-state index contributed by atoms with van der Waals surface area (Å²) in [6.45, 7) is 6.30. The Kier molecular flexibility index (Phi) is 7.51. The Bertz CT molecular complexity index is 907. The van der Waals surface area contributed by atoms with E-state index in [2.05, 4.69) is 20.3 Å². The Morgan fingerprint density at radius 2 is 1.67 bits per heavy atom. The molecule has 1 aliphatic rings. The van der Waals surface area contributed by atoms with Gasteiger partial charge in [0.25, 0.3) is 11.6 Å². The van der Waals surface area contributed by atoms with Crippen LogP contribution in [0.1, 0.15) is 18.1 Å². The third kappa shape index (κ3) is 6.35. The molecule has 0 bridgehead atoms. The number of amides is 1. The predicted octanol–water partition coefficient (Wildman–Crippen LogP) is 2.91. The highest BCUT2D eigenvalue weighted by Crippen LogP contribution is 2.14. The van der Waals surface area contributed by atoms with Crippen LogP contribution >= 0.6 is 11.6 Å². The molecule has 0 unspecified atom stereocenters. The molecule has 1 heterocycles. The van der Waals surface area contributed by atoms with Crippen LogP contribution < -0.4 is 5.43 Å². The zero-order valence-corrected chi connectivity index (χ0v) is 17.5. The van der Waals surface area contributed by atoms with Crippen LogP contribution in [0.5, 0.6) is 0 Å². The lowest BCUT2D eigenvalue weighted by Crippen LogP contribution is -2.48. The van der Waals surface area contributed by atoms with E-state index in [-0.39, 0.29) is 18.1 Å². The largest absolute Gasteiger partial charge is 0.297 e. The minimum atomic E-state index is -0.451. The number of non-ortho nitro benzene ring substituents is 1. The van der Waals surface area contributed by atoms with Crippen molar-refractivity contribution >= 4 is 28.9 Å². The van der Waals surface area contributed by atoms with Crippen LogP contribution in [0.3, 0.4) is 0 Å². The van der Waals surface area contributed by atoms with E-state index in [1.54, 1.807) is 19.1 Å². The quantitative estimate of drug-likeness (QED) is 0.415. The van der Waals surface area contributed by atoms with E-state index < -0.39 is 4.92 Å². The fourth-order valence-electron chi connectivity index (χ4n) is 3.23. The van der Waals surface area contributed by atoms with E-state index >= 15 is 0 Å². The second kappa shape index (κ2) is 10.3. The van der Waals surface area contributed by atoms with Crippen molar-refractivity contribution in [1.82, 2.24) is 15.2 Å². The van der Waals surface area contributed by atoms with E-state index in [0.717, 1.165) is 43.3 Å². The molecule has 9 heteroatoms. The number of benzene rings is 2. The van der Waals surface area contributed by atoms with Crippen LogP contribution in [0.15, 0.2) is 53.6 Å². The van der Waals surface area contributed by atoms with Gasteiger partial charge in [-0.05, 0) is 42.3 Å². The molecule has 1 aliphatic heterocycles. The molecule has 2 aromatic rings. The number of carbonyl (C=O) groups is 1. The lowest BCUT2D eigenvalue weighted by Gasteiger charge is -2.34. The number of halogens is 1. The minimum absolute atomic E-state index is 0.0193. The van der Waals surface area contributed by atoms with Crippen molar-refractivity contribution in [3.05, 3.63) is 74.8 Å². The normalized spacial score (nSPS) is 15.7. The topological polar surface area (TPSA) is 91.1 Å². The third-order valence-electron chi connectivity index (χ3n) is 5.00. The molecule has 0 saturated carbocycles. The van der Waals surface area contributed by atoms with Crippen LogP contribution in [0.4, 0.5) is 5.69 Å². The zero-order chi connectivity index (χ0) is 21.5. The van der Waals surface area contributed by atoms with Crippen molar-refractivity contribution < 1.29 is 9.72 Å². The first-order valence-corrected chi connectivity index (χ1v) is 10.1. The summed E-state index contributed by atoms with van der Waals surface area (Å²) in [4.78, 5) is 26.9. The Balaban J connectivity index is 1.42. The van der Waals surface area contributed by atoms with Crippen LogP contribution in [-0.4, -0.2) is 59.1 Å². The van der Waals surface area contributed by atoms with Gasteiger partial charge in [0.1, 0.15) is 0 Å². The van der Waals surface area contributed by atoms with Gasteiger partial charge in [0, 0.05) is 49.9 Å². The lowest BCUT2D eigenvalue weighted by molar-refractivity contribution is -0.384. The van der Waals surface area contributed by atoms with Gasteiger partial charge in [0.05, 0.1) is 17.2 Å². The molecule has 2 aromatic carbocycles. The second-order valence-electron chi connectivity index (χ2n) is 7.21. The summed E-state index contributed by atoms with van der Waals surface area (Å²) in [6.07, 6.45) is 0. The molecule has 30 heavy (non-hydrogen) atoms. The van der Waals surface area contributed by atoms with Gasteiger partial charge < -0.3 is 0 Å². The number of hydrogen-bond donors (Lipinski definition) is 1. The molecule has 1 N–H and O–H groups in total. The third-order valence-corrected chi connectivity index (χ3v) is 5.25. The molecule has 1 saturated heterocycles. The van der Waals surface area contributed by atoms with E-state index in [1.807, 2.05) is 24.3 Å². The molecule has 1 fully saturated rings. The summed E-state index contributed by atoms with van der Waals surface area (Å²) in [5, 5.41) is 15.6. The molecular formula is C21H24ClN5O3. The molecule has 158 valence electrons. The highest BCUT2D eigenvalue weighted by Gasteiger charge is 2.19. The van der Waals surface area contributed by atoms with Gasteiger partial charge in [0.15, 0.2) is 0 Å². The lowest BCUT2D eigenvalue weighted by atomic mass is 10.1. The van der Waals surface area contributed by atoms with Gasteiger partial charge in [-0.25, -0.2) is 5.43 Å². The van der Waals surface area contributed by atoms with Crippen LogP contribution in [-0.2, 0) is 11.3 Å². The number of rotatable bonds is 7. The van der Waals surface area contributed by atoms with Crippen molar-refractivity contribution in [2.75, 3.05) is 32.7 Å². The minimum Gasteiger partial charge on any atom is -0.297 e. The van der Waals surface area contributed by atoms with Gasteiger partial charge in [-0.2, -0.15) is 5.10 Å². The summed E-state index contributed by atoms with van der Waals surface area (Å²) >= 11 is 5.93. The fraction of sp³-hybridized carbons (Fsp3) is 0.333. The Hall–Kier alpha value is -2.81. The number of nitrogens with one attached hydrogen (secondary N) is 1. The number of hydrazone groups is 1. The number of piperazine rings is 1. The fourth-order valence-corrected chi connectivity index (χ4v) is 3.35. The van der Waals surface area contributed by atoms with Crippen molar-refractivity contribution in [2.45, 2.75) is 13.5 Å². The predicted molar refractivity (Wildman–Crippen MR) is 117 cm³/mol. The number of nitrogens with zero attached hydrogens (tertiary/aromatic N) is 4. The second-order valence-corrected chi connectivity index (χ2v) is 7.65. The molecule has 8 nitrogen and oxygen atoms in total. The number of nitro benzene ring substituents is 1. The van der Waals surface area contributed by atoms with Crippen molar-refractivity contribution in [3.8, 4) is 0 Å². The van der Waals surface area contributed by atoms with Crippen molar-refractivity contribution in [2.24, 2.45) is 5.10 Å². The smallest absolute Gasteiger partial charge is 0.269 e. The van der Waals surface area contributed by atoms with Crippen LogP contribution in [0.25, 0.3) is 0 Å². The molecule has 3 rings (SSSR count). The van der Waals surface area contributed by atoms with Gasteiger partial charge in [-0.1, -0.05) is 23.7 Å². The molecular weight excluding hydrogens is 406 g/mol. The monoisotopic (exact) mass is 429 g/mol. The zero-order valence-electron chi connectivity index (χ0n) is 16.8. The van der Waals surface area contributed by atoms with Gasteiger partial charge in [-0.15, -0.1) is 0 Å². The first-order chi connectivity index (χ1) is 14.4. The maximum absolute atomic E-state index is 12.2. The summed E-state index contributed by atoms with van der Waals surface area (Å²) in [5.41, 5.74) is 5.12. The maximum Gasteiger partial charge on any atom is 0.269 e. The highest BCUT2D eigenvalue weighted by atomic mass is 35.5. The van der Waals surface area contributed by atoms with E-state index in [1.165, 1.54) is 17.7 Å². The number of nitro groups is 1. The molecule has 0 atom stereocenters. The van der Waals surface area contributed by atoms with Crippen LogP contribution in [0, 0.1) is 10.1 Å². The van der Waals surface area contributed by atoms with Crippen LogP contribution in [0.2, 0.25) is 5.02 Å². The van der Waals surface area contributed by atoms with E-state index in [0.29, 0.717) is 5.71 Å². The molecule has 0 aliphatic carbocycles. The number of hydrogen-bond acceptors (Lipinski definition) is 6. The molecule has 0 spiro atoms. The average molecular weight is 430 g/mol. The highest BCUT2D eigenvalue weighted by molar-refractivity contribution is 6.30. The molecule has 0 radical (unpaired) electrons. The summed E-state index contributed by atoms with van der Waals surface area (Å²) in [6, 6.07) is 13.9. The first-order valence-electron chi connectivity index (χ1n) is 9.68. The standard InChI is InChI=1S/C21H24ClN5O3/c1-16(18-4-8-20(9-5-18)27(29)30)23-24-21(28)15-26-12-10-25(11-13-26)14-17-2-6-19(22)7-3-17/h2-9H,10-15H2,1H3,(H,24,28). The molecule has 1 amide bonds. The maximum atomic E-state index is 12.2. The van der Waals surface area contributed by atoms with Gasteiger partial charge >= 0.3 is 0 Å². The van der Waals surface area contributed by atoms with Crippen molar-refractivity contribution in [3.63, 3.8) is 0 Å². The average Bonchev–Trinajstić information content (AvgIpc) is 2.75. The van der Waals surface area contributed by atoms with E-state index in [9.17, 15) is 14.9 Å². The Labute approximate surface area is 180 Å². The first kappa shape index (κ1) is 21.9. The van der Waals surface area contributed by atoms with Gasteiger partial charge in [-0.3, -0.25) is 24.7 Å². The molecule has 0 aromatic heterocycles. The number of carbonyl (C=O) groups excluding carboxylic acids is 1.